The van der Waals surface area contributed by atoms with E-state index in [0.717, 1.165) is 19.3 Å². The Morgan fingerprint density at radius 1 is 1.26 bits per heavy atom. The number of carbonyl (C=O) groups is 1. The Labute approximate surface area is 113 Å². The van der Waals surface area contributed by atoms with Crippen LogP contribution in [0.25, 0.3) is 0 Å². The minimum Gasteiger partial charge on any atom is -0.478 e. The summed E-state index contributed by atoms with van der Waals surface area (Å²) in [4.78, 5) is 10.9. The monoisotopic (exact) mass is 282 g/mol. The third-order valence-corrected chi connectivity index (χ3v) is 4.56. The average Bonchev–Trinajstić information content (AvgIpc) is 2.38. The van der Waals surface area contributed by atoms with E-state index in [-0.39, 0.29) is 16.2 Å². The zero-order chi connectivity index (χ0) is 14.3. The number of allylic oxidation sites excluding steroid dienone is 1. The van der Waals surface area contributed by atoms with Gasteiger partial charge in [0.1, 0.15) is 0 Å². The molecule has 0 saturated carbocycles. The molecule has 0 amide bonds. The van der Waals surface area contributed by atoms with Gasteiger partial charge < -0.3 is 5.11 Å². The van der Waals surface area contributed by atoms with Crippen LogP contribution in [0.5, 0.6) is 0 Å². The number of carboxylic acids is 1. The summed E-state index contributed by atoms with van der Waals surface area (Å²) in [5.74, 6) is -1.07. The fraction of sp³-hybridized carbons (Fsp3) is 0.357. The molecule has 0 radical (unpaired) electrons. The van der Waals surface area contributed by atoms with Gasteiger partial charge >= 0.3 is 5.97 Å². The number of rotatable bonds is 8. The highest BCUT2D eigenvalue weighted by molar-refractivity contribution is 7.91. The van der Waals surface area contributed by atoms with Gasteiger partial charge in [-0.2, -0.15) is 0 Å². The Hall–Kier alpha value is -1.62. The van der Waals surface area contributed by atoms with Crippen molar-refractivity contribution in [2.24, 2.45) is 0 Å². The highest BCUT2D eigenvalue weighted by atomic mass is 32.2. The molecule has 1 aromatic carbocycles. The van der Waals surface area contributed by atoms with Crippen LogP contribution in [0.1, 0.15) is 36.0 Å². The lowest BCUT2D eigenvalue weighted by Gasteiger charge is -2.05. The maximum atomic E-state index is 12.0. The maximum Gasteiger partial charge on any atom is 0.335 e. The van der Waals surface area contributed by atoms with Crippen molar-refractivity contribution in [3.63, 3.8) is 0 Å². The molecule has 0 aliphatic rings. The van der Waals surface area contributed by atoms with E-state index in [2.05, 4.69) is 6.58 Å². The summed E-state index contributed by atoms with van der Waals surface area (Å²) in [7, 11) is -3.39. The molecule has 1 aromatic rings. The molecule has 0 saturated heterocycles. The first-order valence-electron chi connectivity index (χ1n) is 6.14. The van der Waals surface area contributed by atoms with E-state index >= 15 is 0 Å². The van der Waals surface area contributed by atoms with Crippen molar-refractivity contribution in [3.8, 4) is 0 Å². The van der Waals surface area contributed by atoms with Gasteiger partial charge in [-0.25, -0.2) is 13.2 Å². The van der Waals surface area contributed by atoms with E-state index in [1.807, 2.05) is 6.08 Å². The smallest absolute Gasteiger partial charge is 0.335 e. The molecule has 0 unspecified atom stereocenters. The van der Waals surface area contributed by atoms with E-state index in [9.17, 15) is 13.2 Å². The molecule has 104 valence electrons. The van der Waals surface area contributed by atoms with Crippen LogP contribution in [0.2, 0.25) is 0 Å². The van der Waals surface area contributed by atoms with Gasteiger partial charge in [0.25, 0.3) is 0 Å². The first-order valence-corrected chi connectivity index (χ1v) is 7.79. The quantitative estimate of drug-likeness (QED) is 0.588. The van der Waals surface area contributed by atoms with E-state index in [4.69, 9.17) is 5.11 Å². The van der Waals surface area contributed by atoms with E-state index in [0.29, 0.717) is 6.42 Å². The van der Waals surface area contributed by atoms with Gasteiger partial charge in [-0.15, -0.1) is 6.58 Å². The predicted octanol–water partition coefficient (Wildman–Crippen LogP) is 2.90. The molecular weight excluding hydrogens is 264 g/mol. The van der Waals surface area contributed by atoms with Crippen LogP contribution in [0.4, 0.5) is 0 Å². The zero-order valence-corrected chi connectivity index (χ0v) is 11.5. The van der Waals surface area contributed by atoms with Gasteiger partial charge in [0.05, 0.1) is 16.2 Å². The van der Waals surface area contributed by atoms with Crippen molar-refractivity contribution >= 4 is 15.8 Å². The van der Waals surface area contributed by atoms with Crippen molar-refractivity contribution < 1.29 is 18.3 Å². The Balaban J connectivity index is 2.69. The summed E-state index contributed by atoms with van der Waals surface area (Å²) in [6.45, 7) is 3.61. The highest BCUT2D eigenvalue weighted by Gasteiger charge is 2.15. The SMILES string of the molecule is C=CCCCCCS(=O)(=O)c1cccc(C(=O)O)c1. The van der Waals surface area contributed by atoms with Crippen LogP contribution in [-0.4, -0.2) is 25.2 Å². The Morgan fingerprint density at radius 3 is 2.63 bits per heavy atom. The minimum atomic E-state index is -3.39. The maximum absolute atomic E-state index is 12.0. The molecule has 1 N–H and O–H groups in total. The standard InChI is InChI=1S/C14H18O4S/c1-2-3-4-5-6-10-19(17,18)13-9-7-8-12(11-13)14(15)16/h2,7-9,11H,1,3-6,10H2,(H,15,16). The Kier molecular flexibility index (Phi) is 5.76. The summed E-state index contributed by atoms with van der Waals surface area (Å²) in [6, 6.07) is 5.48. The molecule has 5 heteroatoms. The number of sulfone groups is 1. The molecule has 0 aliphatic heterocycles. The van der Waals surface area contributed by atoms with Crippen molar-refractivity contribution in [1.82, 2.24) is 0 Å². The molecular formula is C14H18O4S. The van der Waals surface area contributed by atoms with Crippen molar-refractivity contribution in [1.29, 1.82) is 0 Å². The Morgan fingerprint density at radius 2 is 2.00 bits per heavy atom. The lowest BCUT2D eigenvalue weighted by molar-refractivity contribution is 0.0696. The van der Waals surface area contributed by atoms with E-state index in [1.54, 1.807) is 0 Å². The largest absolute Gasteiger partial charge is 0.478 e. The summed E-state index contributed by atoms with van der Waals surface area (Å²) in [5, 5.41) is 8.84. The van der Waals surface area contributed by atoms with E-state index in [1.165, 1.54) is 24.3 Å². The normalized spacial score (nSPS) is 11.2. The number of unbranched alkanes of at least 4 members (excludes halogenated alkanes) is 3. The molecule has 1 rings (SSSR count). The van der Waals surface area contributed by atoms with Crippen molar-refractivity contribution in [2.45, 2.75) is 30.6 Å². The van der Waals surface area contributed by atoms with Crippen molar-refractivity contribution in [3.05, 3.63) is 42.5 Å². The second-order valence-electron chi connectivity index (χ2n) is 4.29. The van der Waals surface area contributed by atoms with Gasteiger partial charge in [0, 0.05) is 0 Å². The molecule has 0 aliphatic carbocycles. The lowest BCUT2D eigenvalue weighted by atomic mass is 10.2. The second kappa shape index (κ2) is 7.09. The topological polar surface area (TPSA) is 71.4 Å². The molecule has 0 aromatic heterocycles. The van der Waals surface area contributed by atoms with Gasteiger partial charge in [-0.3, -0.25) is 0 Å². The number of carboxylic acid groups (broad SMARTS) is 1. The second-order valence-corrected chi connectivity index (χ2v) is 6.40. The third-order valence-electron chi connectivity index (χ3n) is 2.76. The van der Waals surface area contributed by atoms with Crippen LogP contribution in [0, 0.1) is 0 Å². The summed E-state index contributed by atoms with van der Waals surface area (Å²) in [5.41, 5.74) is -0.00673. The highest BCUT2D eigenvalue weighted by Crippen LogP contribution is 2.15. The van der Waals surface area contributed by atoms with Crippen LogP contribution in [-0.2, 0) is 9.84 Å². The van der Waals surface area contributed by atoms with Gasteiger partial charge in [0.2, 0.25) is 0 Å². The van der Waals surface area contributed by atoms with Crippen LogP contribution < -0.4 is 0 Å². The number of aromatic carboxylic acids is 1. The number of hydrogen-bond donors (Lipinski definition) is 1. The van der Waals surface area contributed by atoms with Gasteiger partial charge in [-0.1, -0.05) is 18.6 Å². The first-order chi connectivity index (χ1) is 8.97. The molecule has 0 bridgehead atoms. The summed E-state index contributed by atoms with van der Waals surface area (Å²) < 4.78 is 24.1. The fourth-order valence-electron chi connectivity index (χ4n) is 1.70. The van der Waals surface area contributed by atoms with Gasteiger partial charge in [0.15, 0.2) is 9.84 Å². The third kappa shape index (κ3) is 4.87. The minimum absolute atomic E-state index is 0.00673. The summed E-state index contributed by atoms with van der Waals surface area (Å²) >= 11 is 0. The molecule has 19 heavy (non-hydrogen) atoms. The van der Waals surface area contributed by atoms with Crippen LogP contribution in [0.3, 0.4) is 0 Å². The molecule has 0 fully saturated rings. The lowest BCUT2D eigenvalue weighted by Crippen LogP contribution is -2.08. The number of hydrogen-bond acceptors (Lipinski definition) is 3. The van der Waals surface area contributed by atoms with E-state index < -0.39 is 15.8 Å². The average molecular weight is 282 g/mol. The van der Waals surface area contributed by atoms with Crippen LogP contribution >= 0.6 is 0 Å². The fourth-order valence-corrected chi connectivity index (χ4v) is 3.11. The molecule has 0 atom stereocenters. The zero-order valence-electron chi connectivity index (χ0n) is 10.7. The summed E-state index contributed by atoms with van der Waals surface area (Å²) in [6.07, 6.45) is 5.02. The molecule has 0 heterocycles. The molecule has 4 nitrogen and oxygen atoms in total. The first kappa shape index (κ1) is 15.4. The Bertz CT molecular complexity index is 546. The number of benzene rings is 1. The van der Waals surface area contributed by atoms with Crippen LogP contribution in [0.15, 0.2) is 41.8 Å². The van der Waals surface area contributed by atoms with Crippen molar-refractivity contribution in [2.75, 3.05) is 5.75 Å². The molecule has 0 spiro atoms. The van der Waals surface area contributed by atoms with Gasteiger partial charge in [-0.05, 0) is 37.5 Å². The predicted molar refractivity (Wildman–Crippen MR) is 74.1 cm³/mol.